The van der Waals surface area contributed by atoms with E-state index in [1.54, 1.807) is 11.3 Å². The van der Waals surface area contributed by atoms with Crippen molar-refractivity contribution in [1.82, 2.24) is 15.2 Å². The number of rotatable bonds is 6. The molecule has 158 valence electrons. The van der Waals surface area contributed by atoms with Crippen LogP contribution in [0.4, 0.5) is 0 Å². The van der Waals surface area contributed by atoms with E-state index >= 15 is 0 Å². The number of para-hydroxylation sites is 1. The van der Waals surface area contributed by atoms with Gasteiger partial charge >= 0.3 is 0 Å². The number of nitrogens with zero attached hydrogens (tertiary/aromatic N) is 2. The van der Waals surface area contributed by atoms with E-state index in [0.29, 0.717) is 12.5 Å². The van der Waals surface area contributed by atoms with Gasteiger partial charge in [-0.25, -0.2) is 4.98 Å². The Morgan fingerprint density at radius 1 is 1.03 bits per heavy atom. The fourth-order valence-corrected chi connectivity index (χ4v) is 6.17. The molecule has 5 rings (SSSR count). The van der Waals surface area contributed by atoms with Crippen molar-refractivity contribution in [3.63, 3.8) is 0 Å². The van der Waals surface area contributed by atoms with E-state index in [2.05, 4.69) is 52.0 Å². The number of likely N-dealkylation sites (tertiary alicyclic amines) is 1. The number of aromatic nitrogens is 1. The molecule has 0 radical (unpaired) electrons. The van der Waals surface area contributed by atoms with Crippen molar-refractivity contribution in [3.8, 4) is 0 Å². The van der Waals surface area contributed by atoms with Gasteiger partial charge in [0.05, 0.1) is 27.8 Å². The zero-order valence-corrected chi connectivity index (χ0v) is 18.9. The number of hydrogen-bond donors (Lipinski definition) is 1. The first-order valence-corrected chi connectivity index (χ1v) is 12.4. The SMILES string of the molecule is O=C(CN1CCC(c2nc3ccccc3s2)CC1)NC(c1ccccc1)c1cccs1. The lowest BCUT2D eigenvalue weighted by Crippen LogP contribution is -2.42. The van der Waals surface area contributed by atoms with Gasteiger partial charge in [0, 0.05) is 10.8 Å². The summed E-state index contributed by atoms with van der Waals surface area (Å²) < 4.78 is 1.26. The fourth-order valence-electron chi connectivity index (χ4n) is 4.23. The first kappa shape index (κ1) is 20.4. The number of piperidine rings is 1. The lowest BCUT2D eigenvalue weighted by atomic mass is 9.97. The molecule has 2 aromatic carbocycles. The molecule has 0 saturated carbocycles. The summed E-state index contributed by atoms with van der Waals surface area (Å²) in [5, 5.41) is 6.57. The Balaban J connectivity index is 1.19. The lowest BCUT2D eigenvalue weighted by Gasteiger charge is -2.31. The van der Waals surface area contributed by atoms with Crippen molar-refractivity contribution in [1.29, 1.82) is 0 Å². The van der Waals surface area contributed by atoms with E-state index in [1.807, 2.05) is 41.7 Å². The summed E-state index contributed by atoms with van der Waals surface area (Å²) in [5.41, 5.74) is 2.22. The van der Waals surface area contributed by atoms with Gasteiger partial charge in [0.1, 0.15) is 0 Å². The maximum absolute atomic E-state index is 12.9. The van der Waals surface area contributed by atoms with E-state index in [0.717, 1.165) is 41.9 Å². The van der Waals surface area contributed by atoms with E-state index < -0.39 is 0 Å². The van der Waals surface area contributed by atoms with Gasteiger partial charge in [-0.15, -0.1) is 22.7 Å². The third-order valence-corrected chi connectivity index (χ3v) is 8.02. The monoisotopic (exact) mass is 447 g/mol. The standard InChI is InChI=1S/C25H25N3OS2/c29-23(27-24(22-11-6-16-30-22)18-7-2-1-3-8-18)17-28-14-12-19(13-15-28)25-26-20-9-4-5-10-21(20)31-25/h1-11,16,19,24H,12-15,17H2,(H,27,29). The van der Waals surface area contributed by atoms with Gasteiger partial charge in [0.2, 0.25) is 5.91 Å². The predicted molar refractivity (Wildman–Crippen MR) is 129 cm³/mol. The Bertz CT molecular complexity index is 1100. The maximum Gasteiger partial charge on any atom is 0.234 e. The molecule has 1 saturated heterocycles. The molecule has 1 aliphatic heterocycles. The highest BCUT2D eigenvalue weighted by Crippen LogP contribution is 2.33. The number of amides is 1. The molecule has 1 aliphatic rings. The van der Waals surface area contributed by atoms with E-state index in [4.69, 9.17) is 4.98 Å². The number of thiazole rings is 1. The normalized spacial score (nSPS) is 16.4. The van der Waals surface area contributed by atoms with Crippen LogP contribution in [0.5, 0.6) is 0 Å². The van der Waals surface area contributed by atoms with Crippen molar-refractivity contribution < 1.29 is 4.79 Å². The minimum Gasteiger partial charge on any atom is -0.343 e. The minimum atomic E-state index is -0.0889. The van der Waals surface area contributed by atoms with Gasteiger partial charge in [-0.3, -0.25) is 9.69 Å². The molecule has 4 aromatic rings. The molecule has 3 heterocycles. The number of carbonyl (C=O) groups is 1. The number of nitrogens with one attached hydrogen (secondary N) is 1. The summed E-state index contributed by atoms with van der Waals surface area (Å²) in [6.07, 6.45) is 2.11. The smallest absolute Gasteiger partial charge is 0.234 e. The Kier molecular flexibility index (Phi) is 6.11. The van der Waals surface area contributed by atoms with Gasteiger partial charge < -0.3 is 5.32 Å². The molecular formula is C25H25N3OS2. The van der Waals surface area contributed by atoms with Crippen LogP contribution in [-0.4, -0.2) is 35.4 Å². The number of benzene rings is 2. The molecule has 0 spiro atoms. The first-order chi connectivity index (χ1) is 15.3. The zero-order chi connectivity index (χ0) is 21.0. The maximum atomic E-state index is 12.9. The molecule has 31 heavy (non-hydrogen) atoms. The minimum absolute atomic E-state index is 0.0840. The molecule has 0 bridgehead atoms. The number of fused-ring (bicyclic) bond motifs is 1. The van der Waals surface area contributed by atoms with Gasteiger partial charge in [0.15, 0.2) is 0 Å². The van der Waals surface area contributed by atoms with Gasteiger partial charge in [-0.05, 0) is 55.1 Å². The second-order valence-corrected chi connectivity index (χ2v) is 10.0. The van der Waals surface area contributed by atoms with Crippen molar-refractivity contribution in [3.05, 3.63) is 87.6 Å². The molecule has 1 N–H and O–H groups in total. The molecule has 4 nitrogen and oxygen atoms in total. The van der Waals surface area contributed by atoms with E-state index in [-0.39, 0.29) is 11.9 Å². The van der Waals surface area contributed by atoms with Crippen LogP contribution in [0.1, 0.15) is 40.2 Å². The first-order valence-electron chi connectivity index (χ1n) is 10.7. The summed E-state index contributed by atoms with van der Waals surface area (Å²) in [5.74, 6) is 0.584. The fraction of sp³-hybridized carbons (Fsp3) is 0.280. The molecule has 6 heteroatoms. The summed E-state index contributed by atoms with van der Waals surface area (Å²) in [4.78, 5) is 21.2. The van der Waals surface area contributed by atoms with Crippen molar-refractivity contribution in [2.75, 3.05) is 19.6 Å². The number of hydrogen-bond acceptors (Lipinski definition) is 5. The Morgan fingerprint density at radius 2 is 1.81 bits per heavy atom. The number of carbonyl (C=O) groups excluding carboxylic acids is 1. The van der Waals surface area contributed by atoms with Crippen LogP contribution in [0.3, 0.4) is 0 Å². The summed E-state index contributed by atoms with van der Waals surface area (Å²) in [6, 6.07) is 22.6. The van der Waals surface area contributed by atoms with Crippen LogP contribution in [0, 0.1) is 0 Å². The molecule has 1 amide bonds. The highest BCUT2D eigenvalue weighted by atomic mass is 32.1. The molecule has 1 unspecified atom stereocenters. The highest BCUT2D eigenvalue weighted by molar-refractivity contribution is 7.18. The average Bonchev–Trinajstić information content (AvgIpc) is 3.49. The quantitative estimate of drug-likeness (QED) is 0.428. The highest BCUT2D eigenvalue weighted by Gasteiger charge is 2.25. The topological polar surface area (TPSA) is 45.2 Å². The van der Waals surface area contributed by atoms with Crippen LogP contribution >= 0.6 is 22.7 Å². The van der Waals surface area contributed by atoms with Crippen LogP contribution in [0.25, 0.3) is 10.2 Å². The largest absolute Gasteiger partial charge is 0.343 e. The van der Waals surface area contributed by atoms with Crippen LogP contribution in [0.15, 0.2) is 72.1 Å². The van der Waals surface area contributed by atoms with Crippen molar-refractivity contribution >= 4 is 38.8 Å². The van der Waals surface area contributed by atoms with Gasteiger partial charge in [-0.1, -0.05) is 48.5 Å². The van der Waals surface area contributed by atoms with E-state index in [9.17, 15) is 4.79 Å². The lowest BCUT2D eigenvalue weighted by molar-refractivity contribution is -0.123. The van der Waals surface area contributed by atoms with Crippen LogP contribution < -0.4 is 5.32 Å². The van der Waals surface area contributed by atoms with Gasteiger partial charge in [0.25, 0.3) is 0 Å². The van der Waals surface area contributed by atoms with Crippen LogP contribution in [-0.2, 0) is 4.79 Å². The van der Waals surface area contributed by atoms with Crippen molar-refractivity contribution in [2.24, 2.45) is 0 Å². The summed E-state index contributed by atoms with van der Waals surface area (Å²) in [6.45, 7) is 2.31. The zero-order valence-electron chi connectivity index (χ0n) is 17.2. The van der Waals surface area contributed by atoms with Crippen LogP contribution in [0.2, 0.25) is 0 Å². The molecule has 1 fully saturated rings. The second kappa shape index (κ2) is 9.30. The third-order valence-electron chi connectivity index (χ3n) is 5.88. The molecule has 1 atom stereocenters. The summed E-state index contributed by atoms with van der Waals surface area (Å²) >= 11 is 3.50. The molecule has 0 aliphatic carbocycles. The van der Waals surface area contributed by atoms with E-state index in [1.165, 1.54) is 9.71 Å². The predicted octanol–water partition coefficient (Wildman–Crippen LogP) is 5.44. The van der Waals surface area contributed by atoms with Crippen molar-refractivity contribution in [2.45, 2.75) is 24.8 Å². The van der Waals surface area contributed by atoms with Gasteiger partial charge in [-0.2, -0.15) is 0 Å². The average molecular weight is 448 g/mol. The summed E-state index contributed by atoms with van der Waals surface area (Å²) in [7, 11) is 0. The third kappa shape index (κ3) is 4.71. The Morgan fingerprint density at radius 3 is 2.55 bits per heavy atom. The number of thiophene rings is 1. The molecule has 2 aromatic heterocycles. The Hall–Kier alpha value is -2.54. The molecular weight excluding hydrogens is 422 g/mol. The Labute approximate surface area is 190 Å². The second-order valence-electron chi connectivity index (χ2n) is 8.00.